The van der Waals surface area contributed by atoms with E-state index in [2.05, 4.69) is 0 Å². The first-order valence-electron chi connectivity index (χ1n) is 7.57. The van der Waals surface area contributed by atoms with Gasteiger partial charge in [-0.3, -0.25) is 19.1 Å². The van der Waals surface area contributed by atoms with Crippen LogP contribution in [0.15, 0.2) is 33.2 Å². The van der Waals surface area contributed by atoms with Crippen LogP contribution in [0.3, 0.4) is 0 Å². The molecule has 0 aliphatic heterocycles. The predicted molar refractivity (Wildman–Crippen MR) is 85.8 cm³/mol. The largest absolute Gasteiger partial charge is 0.509 e. The number of nitrogens with one attached hydrogen (secondary N) is 1. The number of aliphatic hydroxyl groups excluding tert-OH is 3. The fourth-order valence-electron chi connectivity index (χ4n) is 2.61. The van der Waals surface area contributed by atoms with Crippen LogP contribution < -0.4 is 17.0 Å². The van der Waals surface area contributed by atoms with Crippen LogP contribution in [0.2, 0.25) is 0 Å². The summed E-state index contributed by atoms with van der Waals surface area (Å²) in [6.45, 7) is 0.801. The van der Waals surface area contributed by atoms with Gasteiger partial charge < -0.3 is 25.8 Å². The maximum absolute atomic E-state index is 12.0. The Morgan fingerprint density at radius 2 is 2.27 bits per heavy atom. The molecule has 11 heteroatoms. The predicted octanol–water partition coefficient (Wildman–Crippen LogP) is -2.42. The van der Waals surface area contributed by atoms with Gasteiger partial charge in [-0.05, 0) is 6.92 Å². The van der Waals surface area contributed by atoms with Crippen molar-refractivity contribution in [2.45, 2.75) is 37.1 Å². The first kappa shape index (κ1) is 19.4. The van der Waals surface area contributed by atoms with Crippen molar-refractivity contribution in [2.24, 2.45) is 5.73 Å². The minimum atomic E-state index is -1.92. The van der Waals surface area contributed by atoms with Gasteiger partial charge in [-0.15, -0.1) is 0 Å². The number of nitriles is 1. The molecule has 2 rings (SSSR count). The molecule has 0 radical (unpaired) electrons. The number of H-pyrrole nitrogens is 1. The summed E-state index contributed by atoms with van der Waals surface area (Å²) < 4.78 is 5.68. The molecule has 0 saturated heterocycles. The lowest BCUT2D eigenvalue weighted by Crippen LogP contribution is -2.48. The topological polar surface area (TPSA) is 192 Å². The summed E-state index contributed by atoms with van der Waals surface area (Å²) in [5.74, 6) is -1.56. The molecule has 0 spiro atoms. The van der Waals surface area contributed by atoms with Gasteiger partial charge in [-0.2, -0.15) is 5.26 Å². The Morgan fingerprint density at radius 1 is 1.62 bits per heavy atom. The molecule has 1 aliphatic rings. The zero-order valence-corrected chi connectivity index (χ0v) is 13.7. The van der Waals surface area contributed by atoms with Gasteiger partial charge in [0.2, 0.25) is 0 Å². The highest BCUT2D eigenvalue weighted by molar-refractivity contribution is 5.76. The SMILES string of the molecule is CC(O)[C@H](N)C(=O)OCC1=C(O)C(O)[C@](C#N)(n2ccc(=O)[nH]c2=O)C1. The number of carbonyl (C=O) groups excluding carboxylic acids is 1. The number of hydrogen-bond acceptors (Lipinski definition) is 9. The molecule has 140 valence electrons. The summed E-state index contributed by atoms with van der Waals surface area (Å²) in [5, 5.41) is 39.2. The number of aromatic amines is 1. The maximum atomic E-state index is 12.0. The Kier molecular flexibility index (Phi) is 5.31. The normalized spacial score (nSPS) is 24.8. The summed E-state index contributed by atoms with van der Waals surface area (Å²) >= 11 is 0. The van der Waals surface area contributed by atoms with Crippen molar-refractivity contribution in [1.29, 1.82) is 5.26 Å². The molecule has 0 saturated carbocycles. The average Bonchev–Trinajstić information content (AvgIpc) is 2.84. The summed E-state index contributed by atoms with van der Waals surface area (Å²) in [7, 11) is 0. The number of aliphatic hydroxyl groups is 3. The molecule has 26 heavy (non-hydrogen) atoms. The minimum absolute atomic E-state index is 0.00305. The standard InChI is InChI=1S/C15H18N4O7/c1-7(20)10(17)13(24)26-5-8-4-15(6-16,12(23)11(8)22)19-3-2-9(21)18-14(19)25/h2-3,7,10,12,20,22-23H,4-5,17H2,1H3,(H,18,21,25)/t7?,10-,12?,15-/m0/s1. The third kappa shape index (κ3) is 3.25. The highest BCUT2D eigenvalue weighted by atomic mass is 16.5. The Balaban J connectivity index is 2.28. The highest BCUT2D eigenvalue weighted by Gasteiger charge is 2.50. The summed E-state index contributed by atoms with van der Waals surface area (Å²) in [5.41, 5.74) is 1.88. The summed E-state index contributed by atoms with van der Waals surface area (Å²) in [4.78, 5) is 36.8. The van der Waals surface area contributed by atoms with Crippen LogP contribution in [0, 0.1) is 11.3 Å². The van der Waals surface area contributed by atoms with Crippen molar-refractivity contribution in [1.82, 2.24) is 9.55 Å². The monoisotopic (exact) mass is 366 g/mol. The zero-order chi connectivity index (χ0) is 19.6. The Morgan fingerprint density at radius 3 is 2.81 bits per heavy atom. The van der Waals surface area contributed by atoms with Gasteiger partial charge in [0.25, 0.3) is 5.56 Å². The molecule has 11 nitrogen and oxygen atoms in total. The lowest BCUT2D eigenvalue weighted by Gasteiger charge is -2.27. The van der Waals surface area contributed by atoms with Crippen LogP contribution in [0.5, 0.6) is 0 Å². The second kappa shape index (κ2) is 7.12. The number of hydrogen-bond donors (Lipinski definition) is 5. The van der Waals surface area contributed by atoms with Gasteiger partial charge in [-0.25, -0.2) is 4.79 Å². The highest BCUT2D eigenvalue weighted by Crippen LogP contribution is 2.38. The van der Waals surface area contributed by atoms with E-state index < -0.39 is 53.4 Å². The molecule has 6 N–H and O–H groups in total. The van der Waals surface area contributed by atoms with E-state index in [4.69, 9.17) is 10.5 Å². The van der Waals surface area contributed by atoms with Crippen LogP contribution in [0.1, 0.15) is 13.3 Å². The smallest absolute Gasteiger partial charge is 0.329 e. The lowest BCUT2D eigenvalue weighted by molar-refractivity contribution is -0.146. The molecule has 4 atom stereocenters. The molecule has 0 fully saturated rings. The molecule has 0 aromatic carbocycles. The van der Waals surface area contributed by atoms with Crippen molar-refractivity contribution >= 4 is 5.97 Å². The number of aromatic nitrogens is 2. The first-order chi connectivity index (χ1) is 12.1. The van der Waals surface area contributed by atoms with E-state index in [0.717, 1.165) is 16.8 Å². The zero-order valence-electron chi connectivity index (χ0n) is 13.7. The van der Waals surface area contributed by atoms with Gasteiger partial charge in [-0.1, -0.05) is 0 Å². The Bertz CT molecular complexity index is 894. The van der Waals surface area contributed by atoms with Crippen LogP contribution in [0.25, 0.3) is 0 Å². The van der Waals surface area contributed by atoms with Crippen LogP contribution in [-0.2, 0) is 15.1 Å². The van der Waals surface area contributed by atoms with E-state index >= 15 is 0 Å². The molecule has 0 amide bonds. The lowest BCUT2D eigenvalue weighted by atomic mass is 9.94. The second-order valence-corrected chi connectivity index (χ2v) is 5.96. The van der Waals surface area contributed by atoms with Crippen molar-refractivity contribution < 1.29 is 24.9 Å². The van der Waals surface area contributed by atoms with E-state index in [0.29, 0.717) is 0 Å². The number of nitrogens with two attached hydrogens (primary N) is 1. The molecule has 1 aromatic heterocycles. The maximum Gasteiger partial charge on any atom is 0.329 e. The minimum Gasteiger partial charge on any atom is -0.509 e. The van der Waals surface area contributed by atoms with E-state index in [9.17, 15) is 35.0 Å². The van der Waals surface area contributed by atoms with Crippen LogP contribution in [-0.4, -0.2) is 55.7 Å². The number of esters is 1. The van der Waals surface area contributed by atoms with E-state index in [-0.39, 0.29) is 12.0 Å². The van der Waals surface area contributed by atoms with Gasteiger partial charge in [0.05, 0.1) is 12.2 Å². The fourth-order valence-corrected chi connectivity index (χ4v) is 2.61. The van der Waals surface area contributed by atoms with Crippen molar-refractivity contribution in [3.63, 3.8) is 0 Å². The number of ether oxygens (including phenoxy) is 1. The van der Waals surface area contributed by atoms with E-state index in [1.807, 2.05) is 4.98 Å². The number of rotatable bonds is 5. The quantitative estimate of drug-likeness (QED) is 0.353. The molecule has 1 aromatic rings. The molecule has 0 bridgehead atoms. The third-order valence-corrected chi connectivity index (χ3v) is 4.18. The molecule has 2 unspecified atom stereocenters. The average molecular weight is 366 g/mol. The van der Waals surface area contributed by atoms with Gasteiger partial charge in [0, 0.05) is 24.3 Å². The van der Waals surface area contributed by atoms with E-state index in [1.54, 1.807) is 6.07 Å². The molecular weight excluding hydrogens is 348 g/mol. The van der Waals surface area contributed by atoms with Gasteiger partial charge in [0.1, 0.15) is 24.5 Å². The summed E-state index contributed by atoms with van der Waals surface area (Å²) in [6.07, 6.45) is -2.24. The molecule has 1 aliphatic carbocycles. The van der Waals surface area contributed by atoms with Crippen molar-refractivity contribution in [3.05, 3.63) is 44.4 Å². The number of nitrogens with zero attached hydrogens (tertiary/aromatic N) is 2. The number of carbonyl (C=O) groups is 1. The summed E-state index contributed by atoms with van der Waals surface area (Å²) in [6, 6.07) is 1.47. The van der Waals surface area contributed by atoms with Gasteiger partial charge >= 0.3 is 11.7 Å². The van der Waals surface area contributed by atoms with Gasteiger partial charge in [0.15, 0.2) is 5.54 Å². The molecule has 1 heterocycles. The second-order valence-electron chi connectivity index (χ2n) is 5.96. The fraction of sp³-hybridized carbons (Fsp3) is 0.467. The first-order valence-corrected chi connectivity index (χ1v) is 7.57. The van der Waals surface area contributed by atoms with E-state index in [1.165, 1.54) is 6.92 Å². The Hall–Kier alpha value is -2.94. The van der Waals surface area contributed by atoms with Crippen LogP contribution in [0.4, 0.5) is 0 Å². The van der Waals surface area contributed by atoms with Crippen molar-refractivity contribution in [2.75, 3.05) is 6.61 Å². The van der Waals surface area contributed by atoms with Crippen molar-refractivity contribution in [3.8, 4) is 6.07 Å². The van der Waals surface area contributed by atoms with Crippen LogP contribution >= 0.6 is 0 Å². The third-order valence-electron chi connectivity index (χ3n) is 4.18. The Labute approximate surface area is 146 Å². The molecular formula is C15H18N4O7.